The van der Waals surface area contributed by atoms with Crippen LogP contribution in [-0.2, 0) is 4.74 Å². The zero-order valence-corrected chi connectivity index (χ0v) is 16.1. The molecule has 0 saturated carbocycles. The number of nitrogens with zero attached hydrogens (tertiary/aromatic N) is 1. The minimum absolute atomic E-state index is 0.175. The molecule has 2 N–H and O–H groups in total. The number of rotatable bonds is 9. The molecule has 0 spiro atoms. The number of quaternary nitrogens is 1. The first kappa shape index (κ1) is 19.9. The van der Waals surface area contributed by atoms with Crippen molar-refractivity contribution >= 4 is 0 Å². The van der Waals surface area contributed by atoms with Gasteiger partial charge in [-0.1, -0.05) is 0 Å². The highest BCUT2D eigenvalue weighted by Gasteiger charge is 2.38. The van der Waals surface area contributed by atoms with Gasteiger partial charge in [-0.2, -0.15) is 0 Å². The molecule has 1 saturated heterocycles. The summed E-state index contributed by atoms with van der Waals surface area (Å²) < 4.78 is 7.30. The first-order valence-corrected chi connectivity index (χ1v) is 8.93. The molecule has 0 aromatic heterocycles. The van der Waals surface area contributed by atoms with Crippen molar-refractivity contribution in [3.63, 3.8) is 0 Å². The van der Waals surface area contributed by atoms with E-state index in [4.69, 9.17) is 4.74 Å². The molecular formula is C18H40N3O+. The van der Waals surface area contributed by atoms with Crippen molar-refractivity contribution in [2.75, 3.05) is 47.4 Å². The van der Waals surface area contributed by atoms with Crippen molar-refractivity contribution in [2.24, 2.45) is 0 Å². The summed E-state index contributed by atoms with van der Waals surface area (Å²) in [4.78, 5) is 0. The van der Waals surface area contributed by atoms with Gasteiger partial charge in [0.2, 0.25) is 0 Å². The van der Waals surface area contributed by atoms with E-state index >= 15 is 0 Å². The maximum absolute atomic E-state index is 6.21. The van der Waals surface area contributed by atoms with Gasteiger partial charge < -0.3 is 19.9 Å². The molecule has 4 heteroatoms. The van der Waals surface area contributed by atoms with Crippen molar-refractivity contribution < 1.29 is 9.22 Å². The van der Waals surface area contributed by atoms with Gasteiger partial charge in [0.25, 0.3) is 0 Å². The monoisotopic (exact) mass is 314 g/mol. The molecule has 0 aromatic rings. The third-order valence-electron chi connectivity index (χ3n) is 4.60. The highest BCUT2D eigenvalue weighted by molar-refractivity contribution is 4.97. The first-order chi connectivity index (χ1) is 10.1. The third kappa shape index (κ3) is 7.91. The van der Waals surface area contributed by atoms with Crippen LogP contribution in [0.1, 0.15) is 53.4 Å². The van der Waals surface area contributed by atoms with Crippen LogP contribution in [0.25, 0.3) is 0 Å². The molecule has 0 unspecified atom stereocenters. The Kier molecular flexibility index (Phi) is 7.31. The summed E-state index contributed by atoms with van der Waals surface area (Å²) in [5.41, 5.74) is 0.351. The Morgan fingerprint density at radius 3 is 2.14 bits per heavy atom. The zero-order valence-electron chi connectivity index (χ0n) is 16.1. The smallest absolute Gasteiger partial charge is 0.0804 e. The molecule has 1 fully saturated rings. The van der Waals surface area contributed by atoms with Crippen molar-refractivity contribution in [1.29, 1.82) is 0 Å². The maximum Gasteiger partial charge on any atom is 0.0804 e. The highest BCUT2D eigenvalue weighted by atomic mass is 16.5. The molecule has 1 aliphatic heterocycles. The van der Waals surface area contributed by atoms with Crippen molar-refractivity contribution in [3.8, 4) is 0 Å². The number of hydrogen-bond acceptors (Lipinski definition) is 3. The lowest BCUT2D eigenvalue weighted by molar-refractivity contribution is -0.890. The molecule has 132 valence electrons. The minimum atomic E-state index is 0.175. The van der Waals surface area contributed by atoms with Crippen LogP contribution >= 0.6 is 0 Å². The highest BCUT2D eigenvalue weighted by Crippen LogP contribution is 2.30. The van der Waals surface area contributed by atoms with Gasteiger partial charge in [-0.3, -0.25) is 0 Å². The number of hydrogen-bond donors (Lipinski definition) is 2. The van der Waals surface area contributed by atoms with Crippen LogP contribution in [0, 0.1) is 0 Å². The second-order valence-electron chi connectivity index (χ2n) is 8.99. The van der Waals surface area contributed by atoms with Gasteiger partial charge in [-0.25, -0.2) is 0 Å². The summed E-state index contributed by atoms with van der Waals surface area (Å²) in [6.07, 6.45) is 5.00. The van der Waals surface area contributed by atoms with E-state index in [2.05, 4.69) is 52.4 Å². The summed E-state index contributed by atoms with van der Waals surface area (Å²) in [5, 5.41) is 6.94. The normalized spacial score (nSPS) is 22.0. The Morgan fingerprint density at radius 2 is 1.59 bits per heavy atom. The van der Waals surface area contributed by atoms with Gasteiger partial charge >= 0.3 is 0 Å². The molecule has 0 radical (unpaired) electrons. The fourth-order valence-corrected chi connectivity index (χ4v) is 3.88. The van der Waals surface area contributed by atoms with Crippen LogP contribution in [0.3, 0.4) is 0 Å². The molecule has 1 rings (SSSR count). The Hall–Kier alpha value is -0.160. The second kappa shape index (κ2) is 8.09. The third-order valence-corrected chi connectivity index (χ3v) is 4.60. The predicted molar refractivity (Wildman–Crippen MR) is 95.3 cm³/mol. The van der Waals surface area contributed by atoms with E-state index in [1.54, 1.807) is 0 Å². The second-order valence-corrected chi connectivity index (χ2v) is 8.99. The average Bonchev–Trinajstić information content (AvgIpc) is 2.31. The van der Waals surface area contributed by atoms with E-state index in [0.29, 0.717) is 6.10 Å². The van der Waals surface area contributed by atoms with E-state index in [1.165, 1.54) is 19.5 Å². The molecule has 1 heterocycles. The topological polar surface area (TPSA) is 33.3 Å². The van der Waals surface area contributed by atoms with E-state index in [0.717, 1.165) is 36.9 Å². The number of ether oxygens (including phenoxy) is 1. The Labute approximate surface area is 138 Å². The molecule has 0 bridgehead atoms. The van der Waals surface area contributed by atoms with Crippen LogP contribution in [0.2, 0.25) is 0 Å². The lowest BCUT2D eigenvalue weighted by Gasteiger charge is -2.46. The summed E-state index contributed by atoms with van der Waals surface area (Å²) in [7, 11) is 6.68. The standard InChI is InChI=1S/C18H40N3O/c1-17(2)14-16(15-18(3,4)20-17)22-13-9-12-21(6,7)11-8-10-19-5/h16,19-20H,8-15H2,1-7H3/q+1. The molecule has 1 aliphatic rings. The largest absolute Gasteiger partial charge is 0.378 e. The molecule has 4 nitrogen and oxygen atoms in total. The maximum atomic E-state index is 6.21. The van der Waals surface area contributed by atoms with Gasteiger partial charge in [0, 0.05) is 30.5 Å². The van der Waals surface area contributed by atoms with Crippen LogP contribution in [0.15, 0.2) is 0 Å². The molecule has 22 heavy (non-hydrogen) atoms. The van der Waals surface area contributed by atoms with Crippen LogP contribution < -0.4 is 10.6 Å². The Bertz CT molecular complexity index is 310. The van der Waals surface area contributed by atoms with Crippen LogP contribution in [-0.4, -0.2) is 69.0 Å². The van der Waals surface area contributed by atoms with E-state index in [-0.39, 0.29) is 11.1 Å². The Balaban J connectivity index is 2.26. The molecule has 0 amide bonds. The first-order valence-electron chi connectivity index (χ1n) is 8.93. The lowest BCUT2D eigenvalue weighted by Crippen LogP contribution is -2.59. The van der Waals surface area contributed by atoms with Crippen molar-refractivity contribution in [1.82, 2.24) is 10.6 Å². The summed E-state index contributed by atoms with van der Waals surface area (Å²) in [6.45, 7) is 13.6. The van der Waals surface area contributed by atoms with E-state index < -0.39 is 0 Å². The Morgan fingerprint density at radius 1 is 1.05 bits per heavy atom. The van der Waals surface area contributed by atoms with Gasteiger partial charge in [0.15, 0.2) is 0 Å². The quantitative estimate of drug-likeness (QED) is 0.506. The van der Waals surface area contributed by atoms with Gasteiger partial charge in [-0.05, 0) is 47.6 Å². The summed E-state index contributed by atoms with van der Waals surface area (Å²) in [5.74, 6) is 0. The zero-order chi connectivity index (χ0) is 16.9. The SMILES string of the molecule is CNCCC[N+](C)(C)CCCOC1CC(C)(C)NC(C)(C)C1. The van der Waals surface area contributed by atoms with Gasteiger partial charge in [-0.15, -0.1) is 0 Å². The average molecular weight is 315 g/mol. The van der Waals surface area contributed by atoms with Crippen molar-refractivity contribution in [2.45, 2.75) is 70.6 Å². The summed E-state index contributed by atoms with van der Waals surface area (Å²) in [6, 6.07) is 0. The fourth-order valence-electron chi connectivity index (χ4n) is 3.88. The molecule has 0 aliphatic carbocycles. The summed E-state index contributed by atoms with van der Waals surface area (Å²) >= 11 is 0. The number of nitrogens with one attached hydrogen (secondary N) is 2. The van der Waals surface area contributed by atoms with E-state index in [9.17, 15) is 0 Å². The van der Waals surface area contributed by atoms with Gasteiger partial charge in [0.05, 0.1) is 39.9 Å². The van der Waals surface area contributed by atoms with E-state index in [1.807, 2.05) is 7.05 Å². The lowest BCUT2D eigenvalue weighted by atomic mass is 9.81. The minimum Gasteiger partial charge on any atom is -0.378 e. The number of piperidine rings is 1. The van der Waals surface area contributed by atoms with Crippen LogP contribution in [0.5, 0.6) is 0 Å². The molecule has 0 aromatic carbocycles. The van der Waals surface area contributed by atoms with Crippen LogP contribution in [0.4, 0.5) is 0 Å². The molecular weight excluding hydrogens is 274 g/mol. The fraction of sp³-hybridized carbons (Fsp3) is 1.00. The molecule has 0 atom stereocenters. The predicted octanol–water partition coefficient (Wildman–Crippen LogP) is 2.39. The van der Waals surface area contributed by atoms with Crippen molar-refractivity contribution in [3.05, 3.63) is 0 Å². The van der Waals surface area contributed by atoms with Gasteiger partial charge in [0.1, 0.15) is 0 Å².